The molecule has 0 saturated heterocycles. The summed E-state index contributed by atoms with van der Waals surface area (Å²) in [6, 6.07) is 4.54. The average Bonchev–Trinajstić information content (AvgIpc) is 2.75. The zero-order valence-electron chi connectivity index (χ0n) is 10.9. The van der Waals surface area contributed by atoms with Crippen LogP contribution in [0, 0.1) is 12.7 Å². The van der Waals surface area contributed by atoms with Crippen LogP contribution in [0.5, 0.6) is 0 Å². The second-order valence-corrected chi connectivity index (χ2v) is 4.35. The number of aromatic nitrogens is 3. The molecule has 1 amide bonds. The summed E-state index contributed by atoms with van der Waals surface area (Å²) in [6.07, 6.45) is 2.15. The predicted octanol–water partition coefficient (Wildman–Crippen LogP) is 1.24. The van der Waals surface area contributed by atoms with Gasteiger partial charge in [0, 0.05) is 20.0 Å². The van der Waals surface area contributed by atoms with Crippen LogP contribution in [0.3, 0.4) is 0 Å². The molecular weight excluding hydrogens is 247 g/mol. The van der Waals surface area contributed by atoms with Gasteiger partial charge in [-0.3, -0.25) is 4.79 Å². The van der Waals surface area contributed by atoms with Crippen LogP contribution in [0.15, 0.2) is 24.5 Å². The Hall–Kier alpha value is -2.24. The number of rotatable bonds is 4. The Labute approximate surface area is 110 Å². The number of amides is 1. The standard InChI is InChI=1S/C13H15FN4O/c1-9-3-4-10(11(14)7-9)13(19)15-6-5-12-17-16-8-18(12)2/h3-4,7-8H,5-6H2,1-2H3,(H,15,19). The second kappa shape index (κ2) is 5.60. The monoisotopic (exact) mass is 262 g/mol. The van der Waals surface area contributed by atoms with Gasteiger partial charge < -0.3 is 9.88 Å². The Balaban J connectivity index is 1.93. The van der Waals surface area contributed by atoms with Crippen LogP contribution < -0.4 is 5.32 Å². The van der Waals surface area contributed by atoms with E-state index in [0.29, 0.717) is 13.0 Å². The van der Waals surface area contributed by atoms with Crippen molar-refractivity contribution in [2.24, 2.45) is 7.05 Å². The van der Waals surface area contributed by atoms with Crippen molar-refractivity contribution in [3.8, 4) is 0 Å². The van der Waals surface area contributed by atoms with Gasteiger partial charge in [-0.2, -0.15) is 0 Å². The Bertz CT molecular complexity index is 594. The molecule has 0 fully saturated rings. The maximum absolute atomic E-state index is 13.6. The Morgan fingerprint density at radius 2 is 2.26 bits per heavy atom. The number of aryl methyl sites for hydroxylation is 2. The van der Waals surface area contributed by atoms with E-state index in [0.717, 1.165) is 11.4 Å². The number of nitrogens with zero attached hydrogens (tertiary/aromatic N) is 3. The molecule has 0 aliphatic heterocycles. The highest BCUT2D eigenvalue weighted by Crippen LogP contribution is 2.09. The fraction of sp³-hybridized carbons (Fsp3) is 0.308. The first kappa shape index (κ1) is 13.2. The zero-order chi connectivity index (χ0) is 13.8. The SMILES string of the molecule is Cc1ccc(C(=O)NCCc2nncn2C)c(F)c1. The molecule has 5 nitrogen and oxygen atoms in total. The molecule has 1 aromatic heterocycles. The molecule has 6 heteroatoms. The van der Waals surface area contributed by atoms with Gasteiger partial charge in [0.15, 0.2) is 0 Å². The molecule has 0 radical (unpaired) electrons. The first-order valence-corrected chi connectivity index (χ1v) is 5.95. The molecule has 1 aromatic carbocycles. The van der Waals surface area contributed by atoms with Crippen molar-refractivity contribution in [3.05, 3.63) is 47.3 Å². The van der Waals surface area contributed by atoms with E-state index in [4.69, 9.17) is 0 Å². The van der Waals surface area contributed by atoms with Crippen molar-refractivity contribution in [2.75, 3.05) is 6.54 Å². The van der Waals surface area contributed by atoms with Gasteiger partial charge in [-0.15, -0.1) is 10.2 Å². The van der Waals surface area contributed by atoms with Crippen LogP contribution in [-0.4, -0.2) is 27.2 Å². The number of hydrogen-bond acceptors (Lipinski definition) is 3. The van der Waals surface area contributed by atoms with Crippen molar-refractivity contribution in [1.29, 1.82) is 0 Å². The summed E-state index contributed by atoms with van der Waals surface area (Å²) < 4.78 is 15.4. The molecular formula is C13H15FN4O. The van der Waals surface area contributed by atoms with Gasteiger partial charge in [0.25, 0.3) is 5.91 Å². The van der Waals surface area contributed by atoms with E-state index in [-0.39, 0.29) is 5.56 Å². The lowest BCUT2D eigenvalue weighted by molar-refractivity contribution is 0.0950. The van der Waals surface area contributed by atoms with Crippen molar-refractivity contribution in [2.45, 2.75) is 13.3 Å². The highest BCUT2D eigenvalue weighted by molar-refractivity contribution is 5.94. The van der Waals surface area contributed by atoms with E-state index >= 15 is 0 Å². The molecule has 0 saturated carbocycles. The first-order chi connectivity index (χ1) is 9.08. The fourth-order valence-electron chi connectivity index (χ4n) is 1.72. The van der Waals surface area contributed by atoms with E-state index in [1.54, 1.807) is 23.9 Å². The lowest BCUT2D eigenvalue weighted by Crippen LogP contribution is -2.27. The molecule has 2 aromatic rings. The summed E-state index contributed by atoms with van der Waals surface area (Å²) >= 11 is 0. The Kier molecular flexibility index (Phi) is 3.89. The minimum absolute atomic E-state index is 0.0589. The van der Waals surface area contributed by atoms with Gasteiger partial charge in [-0.1, -0.05) is 6.07 Å². The van der Waals surface area contributed by atoms with Gasteiger partial charge in [-0.05, 0) is 24.6 Å². The topological polar surface area (TPSA) is 59.8 Å². The van der Waals surface area contributed by atoms with E-state index < -0.39 is 11.7 Å². The average molecular weight is 262 g/mol. The number of halogens is 1. The van der Waals surface area contributed by atoms with Gasteiger partial charge in [0.05, 0.1) is 5.56 Å². The van der Waals surface area contributed by atoms with Gasteiger partial charge in [0.1, 0.15) is 18.0 Å². The maximum Gasteiger partial charge on any atom is 0.254 e. The highest BCUT2D eigenvalue weighted by atomic mass is 19.1. The molecule has 0 atom stereocenters. The number of carbonyl (C=O) groups excluding carboxylic acids is 1. The third-order valence-corrected chi connectivity index (χ3v) is 2.81. The molecule has 100 valence electrons. The quantitative estimate of drug-likeness (QED) is 0.901. The largest absolute Gasteiger partial charge is 0.351 e. The molecule has 0 spiro atoms. The number of carbonyl (C=O) groups is 1. The number of hydrogen-bond donors (Lipinski definition) is 1. The number of benzene rings is 1. The normalized spacial score (nSPS) is 10.5. The van der Waals surface area contributed by atoms with E-state index in [1.807, 2.05) is 7.05 Å². The summed E-state index contributed by atoms with van der Waals surface area (Å²) in [4.78, 5) is 11.8. The third kappa shape index (κ3) is 3.15. The van der Waals surface area contributed by atoms with Crippen LogP contribution in [0.2, 0.25) is 0 Å². The summed E-state index contributed by atoms with van der Waals surface area (Å²) in [7, 11) is 1.83. The van der Waals surface area contributed by atoms with Crippen molar-refractivity contribution >= 4 is 5.91 Å². The van der Waals surface area contributed by atoms with E-state index in [1.165, 1.54) is 12.1 Å². The molecule has 1 heterocycles. The summed E-state index contributed by atoms with van der Waals surface area (Å²) in [6.45, 7) is 2.16. The minimum Gasteiger partial charge on any atom is -0.351 e. The van der Waals surface area contributed by atoms with E-state index in [9.17, 15) is 9.18 Å². The zero-order valence-corrected chi connectivity index (χ0v) is 10.9. The maximum atomic E-state index is 13.6. The molecule has 0 aliphatic rings. The Morgan fingerprint density at radius 1 is 1.47 bits per heavy atom. The van der Waals surface area contributed by atoms with Crippen LogP contribution >= 0.6 is 0 Å². The van der Waals surface area contributed by atoms with Crippen molar-refractivity contribution < 1.29 is 9.18 Å². The minimum atomic E-state index is -0.504. The third-order valence-electron chi connectivity index (χ3n) is 2.81. The van der Waals surface area contributed by atoms with Gasteiger partial charge >= 0.3 is 0 Å². The number of nitrogens with one attached hydrogen (secondary N) is 1. The highest BCUT2D eigenvalue weighted by Gasteiger charge is 2.11. The molecule has 19 heavy (non-hydrogen) atoms. The molecule has 0 unspecified atom stereocenters. The predicted molar refractivity (Wildman–Crippen MR) is 68.2 cm³/mol. The fourth-order valence-corrected chi connectivity index (χ4v) is 1.72. The summed E-state index contributed by atoms with van der Waals surface area (Å²) in [5.74, 6) is -0.152. The van der Waals surface area contributed by atoms with Gasteiger partial charge in [-0.25, -0.2) is 4.39 Å². The van der Waals surface area contributed by atoms with Crippen LogP contribution in [0.4, 0.5) is 4.39 Å². The molecule has 1 N–H and O–H groups in total. The lowest BCUT2D eigenvalue weighted by Gasteiger charge is -2.06. The summed E-state index contributed by atoms with van der Waals surface area (Å²) in [5.41, 5.74) is 0.844. The Morgan fingerprint density at radius 3 is 2.89 bits per heavy atom. The first-order valence-electron chi connectivity index (χ1n) is 5.95. The van der Waals surface area contributed by atoms with Crippen molar-refractivity contribution in [3.63, 3.8) is 0 Å². The second-order valence-electron chi connectivity index (χ2n) is 4.35. The molecule has 0 aliphatic carbocycles. The molecule has 2 rings (SSSR count). The van der Waals surface area contributed by atoms with Crippen LogP contribution in [0.25, 0.3) is 0 Å². The molecule has 0 bridgehead atoms. The van der Waals surface area contributed by atoms with Gasteiger partial charge in [0.2, 0.25) is 0 Å². The summed E-state index contributed by atoms with van der Waals surface area (Å²) in [5, 5.41) is 10.3. The van der Waals surface area contributed by atoms with Crippen molar-refractivity contribution in [1.82, 2.24) is 20.1 Å². The van der Waals surface area contributed by atoms with Crippen LogP contribution in [-0.2, 0) is 13.5 Å². The smallest absolute Gasteiger partial charge is 0.254 e. The van der Waals surface area contributed by atoms with E-state index in [2.05, 4.69) is 15.5 Å². The van der Waals surface area contributed by atoms with Crippen LogP contribution in [0.1, 0.15) is 21.7 Å². The lowest BCUT2D eigenvalue weighted by atomic mass is 10.1.